The predicted octanol–water partition coefficient (Wildman–Crippen LogP) is 3.14. The number of aromatic nitrogens is 2. The van der Waals surface area contributed by atoms with E-state index >= 15 is 0 Å². The van der Waals surface area contributed by atoms with Crippen molar-refractivity contribution in [2.45, 2.75) is 38.3 Å². The Hall–Kier alpha value is -1.92. The summed E-state index contributed by atoms with van der Waals surface area (Å²) in [5, 5.41) is 4.07. The number of hydrogen-bond donors (Lipinski definition) is 0. The maximum atomic E-state index is 5.77. The van der Waals surface area contributed by atoms with Gasteiger partial charge in [0.1, 0.15) is 5.75 Å². The lowest BCUT2D eigenvalue weighted by molar-refractivity contribution is 0.00602. The Kier molecular flexibility index (Phi) is 5.82. The number of ether oxygens (including phenoxy) is 2. The van der Waals surface area contributed by atoms with Crippen LogP contribution in [0.1, 0.15) is 31.6 Å². The fourth-order valence-corrected chi connectivity index (χ4v) is 2.89. The molecule has 0 aliphatic carbocycles. The van der Waals surface area contributed by atoms with Crippen LogP contribution in [0.15, 0.2) is 28.8 Å². The molecule has 1 aliphatic heterocycles. The Morgan fingerprint density at radius 3 is 2.79 bits per heavy atom. The predicted molar refractivity (Wildman–Crippen MR) is 90.8 cm³/mol. The van der Waals surface area contributed by atoms with Crippen LogP contribution >= 0.6 is 0 Å². The zero-order valence-corrected chi connectivity index (χ0v) is 14.4. The van der Waals surface area contributed by atoms with Gasteiger partial charge in [0.15, 0.2) is 0 Å². The van der Waals surface area contributed by atoms with Gasteiger partial charge in [-0.15, -0.1) is 0 Å². The third-order valence-electron chi connectivity index (χ3n) is 4.33. The zero-order chi connectivity index (χ0) is 16.8. The van der Waals surface area contributed by atoms with Gasteiger partial charge in [-0.2, -0.15) is 4.98 Å². The number of hydrogen-bond acceptors (Lipinski definition) is 6. The second kappa shape index (κ2) is 8.26. The molecule has 24 heavy (non-hydrogen) atoms. The molecule has 6 heteroatoms. The smallest absolute Gasteiger partial charge is 0.241 e. The SMILES string of the molecule is COc1ccc(-c2noc(CN(C)CC[C@@H]3CCCCO3)n2)cc1. The van der Waals surface area contributed by atoms with Gasteiger partial charge < -0.3 is 14.0 Å². The van der Waals surface area contributed by atoms with Crippen LogP contribution in [-0.2, 0) is 11.3 Å². The molecule has 3 rings (SSSR count). The third-order valence-corrected chi connectivity index (χ3v) is 4.33. The summed E-state index contributed by atoms with van der Waals surface area (Å²) in [6.07, 6.45) is 5.11. The summed E-state index contributed by atoms with van der Waals surface area (Å²) in [5.74, 6) is 2.05. The molecule has 1 fully saturated rings. The molecule has 0 spiro atoms. The van der Waals surface area contributed by atoms with E-state index in [1.54, 1.807) is 7.11 Å². The van der Waals surface area contributed by atoms with Crippen molar-refractivity contribution in [1.29, 1.82) is 0 Å². The van der Waals surface area contributed by atoms with Gasteiger partial charge in [0, 0.05) is 18.7 Å². The van der Waals surface area contributed by atoms with E-state index in [9.17, 15) is 0 Å². The van der Waals surface area contributed by atoms with Gasteiger partial charge >= 0.3 is 0 Å². The topological polar surface area (TPSA) is 60.6 Å². The van der Waals surface area contributed by atoms with E-state index in [0.29, 0.717) is 24.4 Å². The zero-order valence-electron chi connectivity index (χ0n) is 14.4. The molecule has 0 unspecified atom stereocenters. The normalized spacial score (nSPS) is 18.0. The molecule has 0 bridgehead atoms. The average molecular weight is 331 g/mol. The van der Waals surface area contributed by atoms with Crippen molar-refractivity contribution >= 4 is 0 Å². The van der Waals surface area contributed by atoms with Crippen LogP contribution in [0.2, 0.25) is 0 Å². The summed E-state index contributed by atoms with van der Waals surface area (Å²) in [4.78, 5) is 6.68. The highest BCUT2D eigenvalue weighted by molar-refractivity contribution is 5.55. The van der Waals surface area contributed by atoms with Crippen molar-refractivity contribution in [2.75, 3.05) is 27.3 Å². The van der Waals surface area contributed by atoms with E-state index in [0.717, 1.165) is 30.9 Å². The second-order valence-electron chi connectivity index (χ2n) is 6.26. The molecule has 2 heterocycles. The van der Waals surface area contributed by atoms with Gasteiger partial charge in [-0.3, -0.25) is 4.90 Å². The van der Waals surface area contributed by atoms with Crippen molar-refractivity contribution < 1.29 is 14.0 Å². The Labute approximate surface area is 142 Å². The summed E-state index contributed by atoms with van der Waals surface area (Å²) >= 11 is 0. The molecule has 1 aromatic heterocycles. The van der Waals surface area contributed by atoms with Crippen LogP contribution in [0, 0.1) is 0 Å². The molecule has 1 atom stereocenters. The Balaban J connectivity index is 1.51. The second-order valence-corrected chi connectivity index (χ2v) is 6.26. The largest absolute Gasteiger partial charge is 0.497 e. The van der Waals surface area contributed by atoms with Gasteiger partial charge in [0.2, 0.25) is 11.7 Å². The maximum absolute atomic E-state index is 5.77. The van der Waals surface area contributed by atoms with Gasteiger partial charge in [-0.25, -0.2) is 0 Å². The number of nitrogens with zero attached hydrogens (tertiary/aromatic N) is 3. The lowest BCUT2D eigenvalue weighted by atomic mass is 10.1. The van der Waals surface area contributed by atoms with Gasteiger partial charge in [0.25, 0.3) is 0 Å². The molecular formula is C18H25N3O3. The van der Waals surface area contributed by atoms with Gasteiger partial charge in [-0.05, 0) is 57.0 Å². The first-order valence-electron chi connectivity index (χ1n) is 8.52. The van der Waals surface area contributed by atoms with Crippen molar-refractivity contribution in [3.05, 3.63) is 30.2 Å². The molecule has 2 aromatic rings. The molecular weight excluding hydrogens is 306 g/mol. The minimum atomic E-state index is 0.402. The van der Waals surface area contributed by atoms with Crippen molar-refractivity contribution in [3.8, 4) is 17.1 Å². The van der Waals surface area contributed by atoms with E-state index in [1.165, 1.54) is 19.3 Å². The third kappa shape index (κ3) is 4.55. The summed E-state index contributed by atoms with van der Waals surface area (Å²) in [6, 6.07) is 7.64. The van der Waals surface area contributed by atoms with Crippen molar-refractivity contribution in [3.63, 3.8) is 0 Å². The molecule has 1 aromatic carbocycles. The first-order chi connectivity index (χ1) is 11.7. The fraction of sp³-hybridized carbons (Fsp3) is 0.556. The summed E-state index contributed by atoms with van der Waals surface area (Å²) in [6.45, 7) is 2.52. The minimum absolute atomic E-state index is 0.402. The highest BCUT2D eigenvalue weighted by Crippen LogP contribution is 2.20. The van der Waals surface area contributed by atoms with Gasteiger partial charge in [0.05, 0.1) is 19.8 Å². The summed E-state index contributed by atoms with van der Waals surface area (Å²) in [5.41, 5.74) is 0.920. The van der Waals surface area contributed by atoms with Crippen molar-refractivity contribution in [1.82, 2.24) is 15.0 Å². The molecule has 1 aliphatic rings. The highest BCUT2D eigenvalue weighted by atomic mass is 16.5. The van der Waals surface area contributed by atoms with Crippen LogP contribution in [-0.4, -0.2) is 48.5 Å². The minimum Gasteiger partial charge on any atom is -0.497 e. The van der Waals surface area contributed by atoms with Gasteiger partial charge in [-0.1, -0.05) is 5.16 Å². The maximum Gasteiger partial charge on any atom is 0.241 e. The van der Waals surface area contributed by atoms with Crippen LogP contribution < -0.4 is 4.74 Å². The Bertz CT molecular complexity index is 621. The van der Waals surface area contributed by atoms with E-state index in [1.807, 2.05) is 24.3 Å². The standard InChI is InChI=1S/C18H25N3O3/c1-21(11-10-16-5-3-4-12-23-16)13-17-19-18(20-24-17)14-6-8-15(22-2)9-7-14/h6-9,16H,3-5,10-13H2,1-2H3/t16-/m0/s1. The first-order valence-corrected chi connectivity index (χ1v) is 8.52. The fourth-order valence-electron chi connectivity index (χ4n) is 2.89. The Morgan fingerprint density at radius 1 is 1.25 bits per heavy atom. The van der Waals surface area contributed by atoms with Crippen molar-refractivity contribution in [2.24, 2.45) is 0 Å². The molecule has 1 saturated heterocycles. The van der Waals surface area contributed by atoms with Crippen LogP contribution in [0.3, 0.4) is 0 Å². The lowest BCUT2D eigenvalue weighted by Gasteiger charge is -2.24. The number of methoxy groups -OCH3 is 1. The summed E-state index contributed by atoms with van der Waals surface area (Å²) < 4.78 is 16.3. The molecule has 130 valence electrons. The van der Waals surface area contributed by atoms with Crippen LogP contribution in [0.5, 0.6) is 5.75 Å². The van der Waals surface area contributed by atoms with E-state index in [2.05, 4.69) is 22.1 Å². The van der Waals surface area contributed by atoms with E-state index in [4.69, 9.17) is 14.0 Å². The van der Waals surface area contributed by atoms with Crippen LogP contribution in [0.25, 0.3) is 11.4 Å². The molecule has 0 saturated carbocycles. The van der Waals surface area contributed by atoms with E-state index < -0.39 is 0 Å². The Morgan fingerprint density at radius 2 is 2.08 bits per heavy atom. The molecule has 0 N–H and O–H groups in total. The quantitative estimate of drug-likeness (QED) is 0.777. The first kappa shape index (κ1) is 16.9. The lowest BCUT2D eigenvalue weighted by Crippen LogP contribution is -2.26. The molecule has 0 amide bonds. The average Bonchev–Trinajstić information content (AvgIpc) is 3.09. The monoisotopic (exact) mass is 331 g/mol. The highest BCUT2D eigenvalue weighted by Gasteiger charge is 2.16. The van der Waals surface area contributed by atoms with Crippen LogP contribution in [0.4, 0.5) is 0 Å². The molecule has 6 nitrogen and oxygen atoms in total. The number of benzene rings is 1. The summed E-state index contributed by atoms with van der Waals surface area (Å²) in [7, 11) is 3.72. The molecule has 0 radical (unpaired) electrons. The number of rotatable bonds is 7. The van der Waals surface area contributed by atoms with E-state index in [-0.39, 0.29) is 0 Å².